The zero-order valence-electron chi connectivity index (χ0n) is 25.3. The summed E-state index contributed by atoms with van der Waals surface area (Å²) in [6.45, 7) is 36.9. The van der Waals surface area contributed by atoms with E-state index < -0.39 is 0 Å². The Hall–Kier alpha value is -0.460. The van der Waals surface area contributed by atoms with Crippen LogP contribution in [-0.2, 0) is 0 Å². The molecule has 2 saturated heterocycles. The maximum absolute atomic E-state index is 3.42. The number of hydrazine groups is 2. The van der Waals surface area contributed by atoms with Crippen molar-refractivity contribution in [2.45, 2.75) is 132 Å². The van der Waals surface area contributed by atoms with Gasteiger partial charge in [-0.3, -0.25) is 10.3 Å². The van der Waals surface area contributed by atoms with Gasteiger partial charge in [-0.25, -0.2) is 15.0 Å². The van der Waals surface area contributed by atoms with Crippen LogP contribution in [0.1, 0.15) is 114 Å². The number of nitrogens with one attached hydrogen (secondary N) is 1. The molecule has 0 saturated carbocycles. The SMILES string of the molecule is C=C.CC(C)NN1CCCCC1.CCCN(C(C)C)N1CCCCC1.CCN(CC)C(C)(C)C. The zero-order chi connectivity index (χ0) is 26.6. The van der Waals surface area contributed by atoms with E-state index >= 15 is 0 Å². The summed E-state index contributed by atoms with van der Waals surface area (Å²) in [4.78, 5) is 2.44. The molecule has 0 spiro atoms. The van der Waals surface area contributed by atoms with Gasteiger partial charge in [-0.05, 0) is 93.7 Å². The molecular formula is C29H65N5. The lowest BCUT2D eigenvalue weighted by Crippen LogP contribution is -2.49. The first kappa shape index (κ1) is 35.7. The highest BCUT2D eigenvalue weighted by Crippen LogP contribution is 2.14. The van der Waals surface area contributed by atoms with Gasteiger partial charge in [0, 0.05) is 50.3 Å². The van der Waals surface area contributed by atoms with Crippen LogP contribution in [0.25, 0.3) is 0 Å². The van der Waals surface area contributed by atoms with Gasteiger partial charge in [0.1, 0.15) is 0 Å². The molecule has 0 atom stereocenters. The number of nitrogens with zero attached hydrogens (tertiary/aromatic N) is 4. The van der Waals surface area contributed by atoms with Crippen molar-refractivity contribution in [2.75, 3.05) is 45.8 Å². The van der Waals surface area contributed by atoms with Crippen LogP contribution in [0.3, 0.4) is 0 Å². The Kier molecular flexibility index (Phi) is 22.9. The fourth-order valence-corrected chi connectivity index (χ4v) is 4.65. The molecule has 0 aromatic heterocycles. The number of hydrogen-bond acceptors (Lipinski definition) is 5. The molecule has 2 aliphatic rings. The molecule has 0 aromatic carbocycles. The molecule has 5 nitrogen and oxygen atoms in total. The third-order valence-corrected chi connectivity index (χ3v) is 6.25. The highest BCUT2D eigenvalue weighted by molar-refractivity contribution is 4.73. The quantitative estimate of drug-likeness (QED) is 0.382. The second-order valence-corrected chi connectivity index (χ2v) is 10.9. The molecule has 0 unspecified atom stereocenters. The van der Waals surface area contributed by atoms with Crippen molar-refractivity contribution in [2.24, 2.45) is 0 Å². The normalized spacial score (nSPS) is 17.6. The molecule has 206 valence electrons. The van der Waals surface area contributed by atoms with E-state index in [1.807, 2.05) is 0 Å². The van der Waals surface area contributed by atoms with E-state index in [0.717, 1.165) is 13.1 Å². The molecule has 1 N–H and O–H groups in total. The van der Waals surface area contributed by atoms with Crippen molar-refractivity contribution in [3.8, 4) is 0 Å². The molecule has 0 bridgehead atoms. The Bertz CT molecular complexity index is 417. The molecule has 0 amide bonds. The lowest BCUT2D eigenvalue weighted by Gasteiger charge is -2.40. The molecule has 2 heterocycles. The molecule has 2 fully saturated rings. The molecule has 2 rings (SSSR count). The number of piperidine rings is 2. The summed E-state index contributed by atoms with van der Waals surface area (Å²) in [5.41, 5.74) is 3.77. The van der Waals surface area contributed by atoms with Crippen molar-refractivity contribution in [1.29, 1.82) is 0 Å². The van der Waals surface area contributed by atoms with Gasteiger partial charge in [0.05, 0.1) is 0 Å². The van der Waals surface area contributed by atoms with Gasteiger partial charge in [0.25, 0.3) is 0 Å². The summed E-state index contributed by atoms with van der Waals surface area (Å²) < 4.78 is 0. The van der Waals surface area contributed by atoms with Crippen LogP contribution < -0.4 is 5.43 Å². The highest BCUT2D eigenvalue weighted by Gasteiger charge is 2.19. The standard InChI is InChI=1S/C11H24N2.C8H18N2.C8H19N.C2H4/c1-4-8-13(11(2)3)12-9-6-5-7-10-12;1-8(2)9-10-6-4-3-5-7-10;1-6-9(7-2)8(3,4)5;1-2/h11H,4-10H2,1-3H3;8-9H,3-7H2,1-2H3;6-7H2,1-5H3;1-2H2. The third-order valence-electron chi connectivity index (χ3n) is 6.25. The number of hydrogen-bond donors (Lipinski definition) is 1. The lowest BCUT2D eigenvalue weighted by atomic mass is 10.1. The molecular weight excluding hydrogens is 418 g/mol. The van der Waals surface area contributed by atoms with E-state index in [9.17, 15) is 0 Å². The molecule has 0 aromatic rings. The maximum Gasteiger partial charge on any atom is 0.0189 e. The van der Waals surface area contributed by atoms with E-state index in [1.54, 1.807) is 0 Å². The third kappa shape index (κ3) is 17.9. The van der Waals surface area contributed by atoms with E-state index in [4.69, 9.17) is 0 Å². The van der Waals surface area contributed by atoms with E-state index in [-0.39, 0.29) is 0 Å². The highest BCUT2D eigenvalue weighted by atomic mass is 15.6. The van der Waals surface area contributed by atoms with Gasteiger partial charge in [-0.1, -0.05) is 33.6 Å². The Morgan fingerprint density at radius 1 is 0.765 bits per heavy atom. The van der Waals surface area contributed by atoms with Gasteiger partial charge >= 0.3 is 0 Å². The zero-order valence-corrected chi connectivity index (χ0v) is 25.3. The monoisotopic (exact) mass is 484 g/mol. The molecule has 2 aliphatic heterocycles. The van der Waals surface area contributed by atoms with Gasteiger partial charge in [0.2, 0.25) is 0 Å². The number of rotatable bonds is 8. The van der Waals surface area contributed by atoms with E-state index in [2.05, 4.69) is 108 Å². The van der Waals surface area contributed by atoms with Gasteiger partial charge < -0.3 is 0 Å². The fourth-order valence-electron chi connectivity index (χ4n) is 4.65. The second-order valence-electron chi connectivity index (χ2n) is 10.9. The summed E-state index contributed by atoms with van der Waals surface area (Å²) >= 11 is 0. The molecule has 34 heavy (non-hydrogen) atoms. The smallest absolute Gasteiger partial charge is 0.0189 e. The van der Waals surface area contributed by atoms with Crippen molar-refractivity contribution < 1.29 is 0 Å². The van der Waals surface area contributed by atoms with Gasteiger partial charge in [-0.15, -0.1) is 13.2 Å². The van der Waals surface area contributed by atoms with Crippen LogP contribution in [0.5, 0.6) is 0 Å². The summed E-state index contributed by atoms with van der Waals surface area (Å²) in [6.07, 6.45) is 9.58. The largest absolute Gasteiger partial charge is 0.299 e. The Balaban J connectivity index is 0. The first-order valence-corrected chi connectivity index (χ1v) is 14.3. The van der Waals surface area contributed by atoms with Crippen molar-refractivity contribution in [3.05, 3.63) is 13.2 Å². The summed E-state index contributed by atoms with van der Waals surface area (Å²) in [7, 11) is 0. The Morgan fingerprint density at radius 2 is 1.21 bits per heavy atom. The minimum atomic E-state index is 0.351. The van der Waals surface area contributed by atoms with Crippen LogP contribution in [0, 0.1) is 0 Å². The van der Waals surface area contributed by atoms with Gasteiger partial charge in [0.15, 0.2) is 0 Å². The Labute approximate surface area is 216 Å². The predicted octanol–water partition coefficient (Wildman–Crippen LogP) is 6.82. The topological polar surface area (TPSA) is 25.0 Å². The maximum atomic E-state index is 3.42. The van der Waals surface area contributed by atoms with E-state index in [1.165, 1.54) is 77.7 Å². The van der Waals surface area contributed by atoms with Crippen LogP contribution in [0.15, 0.2) is 13.2 Å². The van der Waals surface area contributed by atoms with Crippen molar-refractivity contribution >= 4 is 0 Å². The summed E-state index contributed by atoms with van der Waals surface area (Å²) in [5, 5.41) is 7.44. The summed E-state index contributed by atoms with van der Waals surface area (Å²) in [5.74, 6) is 0. The van der Waals surface area contributed by atoms with Crippen LogP contribution in [0.2, 0.25) is 0 Å². The average molecular weight is 484 g/mol. The lowest BCUT2D eigenvalue weighted by molar-refractivity contribution is -0.0629. The minimum Gasteiger partial charge on any atom is -0.299 e. The predicted molar refractivity (Wildman–Crippen MR) is 155 cm³/mol. The first-order chi connectivity index (χ1) is 16.1. The molecule has 0 radical (unpaired) electrons. The van der Waals surface area contributed by atoms with Gasteiger partial charge in [-0.2, -0.15) is 0 Å². The van der Waals surface area contributed by atoms with Crippen molar-refractivity contribution in [1.82, 2.24) is 25.4 Å². The second kappa shape index (κ2) is 21.8. The molecule has 0 aliphatic carbocycles. The first-order valence-electron chi connectivity index (χ1n) is 14.3. The minimum absolute atomic E-state index is 0.351. The van der Waals surface area contributed by atoms with Crippen molar-refractivity contribution in [3.63, 3.8) is 0 Å². The Morgan fingerprint density at radius 3 is 1.50 bits per heavy atom. The molecule has 5 heteroatoms. The van der Waals surface area contributed by atoms with Crippen LogP contribution >= 0.6 is 0 Å². The summed E-state index contributed by atoms with van der Waals surface area (Å²) in [6, 6.07) is 1.26. The average Bonchev–Trinajstić information content (AvgIpc) is 2.80. The van der Waals surface area contributed by atoms with E-state index in [0.29, 0.717) is 17.6 Å². The van der Waals surface area contributed by atoms with Crippen LogP contribution in [0.4, 0.5) is 0 Å². The van der Waals surface area contributed by atoms with Crippen LogP contribution in [-0.4, -0.2) is 83.4 Å². The fraction of sp³-hybridized carbons (Fsp3) is 0.931.